The Morgan fingerprint density at radius 2 is 2.19 bits per heavy atom. The number of hydrogen-bond donors (Lipinski definition) is 1. The predicted octanol–water partition coefficient (Wildman–Crippen LogP) is 2.50. The summed E-state index contributed by atoms with van der Waals surface area (Å²) in [6.45, 7) is 7.87. The number of pyridine rings is 1. The molecular weight excluding hydrogens is 330 g/mol. The van der Waals surface area contributed by atoms with Crippen LogP contribution in [0.25, 0.3) is 11.1 Å². The van der Waals surface area contributed by atoms with E-state index in [0.717, 1.165) is 60.1 Å². The largest absolute Gasteiger partial charge is 0.396 e. The highest BCUT2D eigenvalue weighted by atomic mass is 16.5. The number of rotatable bonds is 2. The van der Waals surface area contributed by atoms with E-state index >= 15 is 0 Å². The summed E-state index contributed by atoms with van der Waals surface area (Å²) in [6.07, 6.45) is 3.78. The van der Waals surface area contributed by atoms with Crippen molar-refractivity contribution in [2.45, 2.75) is 46.5 Å². The van der Waals surface area contributed by atoms with Gasteiger partial charge in [-0.1, -0.05) is 19.0 Å². The Labute approximate surface area is 152 Å². The fraction of sp³-hybridized carbons (Fsp3) is 0.650. The first-order valence-electron chi connectivity index (χ1n) is 9.54. The number of fused-ring (bicyclic) bond motifs is 3. The Bertz CT molecular complexity index is 932. The lowest BCUT2D eigenvalue weighted by Crippen LogP contribution is -2.54. The first-order chi connectivity index (χ1) is 12.4. The summed E-state index contributed by atoms with van der Waals surface area (Å²) in [4.78, 5) is 20.2. The van der Waals surface area contributed by atoms with Crippen LogP contribution in [0.1, 0.15) is 54.0 Å². The number of aliphatic hydroxyl groups is 1. The number of carbonyl (C=O) groups is 1. The van der Waals surface area contributed by atoms with Crippen LogP contribution in [-0.2, 0) is 12.8 Å². The molecule has 2 aromatic heterocycles. The molecule has 2 aromatic rings. The normalized spacial score (nSPS) is 28.9. The minimum Gasteiger partial charge on any atom is -0.396 e. The Morgan fingerprint density at radius 3 is 2.88 bits per heavy atom. The molecule has 1 amide bonds. The van der Waals surface area contributed by atoms with E-state index in [-0.39, 0.29) is 23.3 Å². The summed E-state index contributed by atoms with van der Waals surface area (Å²) in [5, 5.41) is 14.8. The highest BCUT2D eigenvalue weighted by Gasteiger charge is 2.63. The first-order valence-corrected chi connectivity index (χ1v) is 9.54. The number of aliphatic hydroxyl groups excluding tert-OH is 1. The molecule has 6 nitrogen and oxygen atoms in total. The monoisotopic (exact) mass is 355 g/mol. The van der Waals surface area contributed by atoms with Crippen molar-refractivity contribution in [1.29, 1.82) is 0 Å². The molecule has 0 radical (unpaired) electrons. The van der Waals surface area contributed by atoms with Gasteiger partial charge in [0.15, 0.2) is 0 Å². The molecule has 3 aliphatic rings. The zero-order chi connectivity index (χ0) is 18.3. The van der Waals surface area contributed by atoms with E-state index in [1.165, 1.54) is 0 Å². The van der Waals surface area contributed by atoms with Gasteiger partial charge < -0.3 is 14.5 Å². The minimum absolute atomic E-state index is 0.0554. The lowest BCUT2D eigenvalue weighted by molar-refractivity contribution is -0.0976. The van der Waals surface area contributed by atoms with Crippen molar-refractivity contribution >= 4 is 17.0 Å². The van der Waals surface area contributed by atoms with E-state index in [1.807, 2.05) is 11.8 Å². The second-order valence-electron chi connectivity index (χ2n) is 9.14. The third-order valence-electron chi connectivity index (χ3n) is 7.04. The third-order valence-corrected chi connectivity index (χ3v) is 7.04. The number of hydrogen-bond acceptors (Lipinski definition) is 5. The van der Waals surface area contributed by atoms with Crippen LogP contribution in [0.5, 0.6) is 0 Å². The SMILES string of the molecule is Cc1noc2nc3c(c(C(=O)N4C[C@@H]5C(C)(C)C[C@]5(CO)C4)c12)CCC3. The molecule has 6 heteroatoms. The maximum atomic E-state index is 13.6. The fourth-order valence-corrected chi connectivity index (χ4v) is 6.00. The molecule has 3 heterocycles. The van der Waals surface area contributed by atoms with Crippen molar-refractivity contribution in [2.24, 2.45) is 16.7 Å². The second-order valence-corrected chi connectivity index (χ2v) is 9.14. The van der Waals surface area contributed by atoms with E-state index in [0.29, 0.717) is 18.2 Å². The van der Waals surface area contributed by atoms with Crippen molar-refractivity contribution in [3.8, 4) is 0 Å². The van der Waals surface area contributed by atoms with Crippen molar-refractivity contribution in [3.05, 3.63) is 22.5 Å². The molecule has 1 N–H and O–H groups in total. The summed E-state index contributed by atoms with van der Waals surface area (Å²) >= 11 is 0. The van der Waals surface area contributed by atoms with Gasteiger partial charge in [-0.05, 0) is 49.5 Å². The second kappa shape index (κ2) is 5.06. The molecule has 2 aliphatic carbocycles. The number of amides is 1. The number of likely N-dealkylation sites (tertiary alicyclic amines) is 1. The summed E-state index contributed by atoms with van der Waals surface area (Å²) in [6, 6.07) is 0. The van der Waals surface area contributed by atoms with Crippen molar-refractivity contribution in [3.63, 3.8) is 0 Å². The highest BCUT2D eigenvalue weighted by molar-refractivity contribution is 6.07. The molecule has 0 aromatic carbocycles. The molecule has 0 unspecified atom stereocenters. The smallest absolute Gasteiger partial charge is 0.259 e. The Morgan fingerprint density at radius 1 is 1.38 bits per heavy atom. The molecule has 26 heavy (non-hydrogen) atoms. The molecule has 1 saturated heterocycles. The quantitative estimate of drug-likeness (QED) is 0.895. The molecule has 0 bridgehead atoms. The van der Waals surface area contributed by atoms with E-state index in [4.69, 9.17) is 4.52 Å². The molecule has 0 spiro atoms. The zero-order valence-corrected chi connectivity index (χ0v) is 15.6. The summed E-state index contributed by atoms with van der Waals surface area (Å²) in [7, 11) is 0. The van der Waals surface area contributed by atoms with Crippen molar-refractivity contribution in [1.82, 2.24) is 15.0 Å². The van der Waals surface area contributed by atoms with Crippen LogP contribution in [0, 0.1) is 23.7 Å². The van der Waals surface area contributed by atoms with Gasteiger partial charge in [-0.15, -0.1) is 0 Å². The van der Waals surface area contributed by atoms with E-state index in [9.17, 15) is 9.90 Å². The third kappa shape index (κ3) is 1.94. The summed E-state index contributed by atoms with van der Waals surface area (Å²) in [5.41, 5.74) is 4.06. The van der Waals surface area contributed by atoms with E-state index in [2.05, 4.69) is 24.0 Å². The average molecular weight is 355 g/mol. The molecular formula is C20H25N3O3. The van der Waals surface area contributed by atoms with Gasteiger partial charge in [-0.2, -0.15) is 0 Å². The topological polar surface area (TPSA) is 79.5 Å². The van der Waals surface area contributed by atoms with Gasteiger partial charge in [0.05, 0.1) is 23.3 Å². The minimum atomic E-state index is -0.127. The van der Waals surface area contributed by atoms with Crippen LogP contribution in [0.2, 0.25) is 0 Å². The van der Waals surface area contributed by atoms with Gasteiger partial charge in [0.1, 0.15) is 0 Å². The standard InChI is InChI=1S/C20H25N3O3/c1-11-15-16(12-5-4-6-13(12)21-17(15)26-22-11)18(25)23-7-14-19(2,3)8-20(14,9-23)10-24/h14,24H,4-10H2,1-3H3/t14-,20-/m1/s1. The maximum Gasteiger partial charge on any atom is 0.259 e. The fourth-order valence-electron chi connectivity index (χ4n) is 6.00. The molecule has 1 saturated carbocycles. The molecule has 2 atom stereocenters. The van der Waals surface area contributed by atoms with Crippen LogP contribution in [0.15, 0.2) is 4.52 Å². The van der Waals surface area contributed by atoms with Crippen LogP contribution in [0.3, 0.4) is 0 Å². The summed E-state index contributed by atoms with van der Waals surface area (Å²) < 4.78 is 5.38. The maximum absolute atomic E-state index is 13.6. The summed E-state index contributed by atoms with van der Waals surface area (Å²) in [5.74, 6) is 0.415. The van der Waals surface area contributed by atoms with Gasteiger partial charge >= 0.3 is 0 Å². The van der Waals surface area contributed by atoms with Gasteiger partial charge in [0.2, 0.25) is 0 Å². The number of aryl methyl sites for hydroxylation is 2. The molecule has 138 valence electrons. The number of nitrogens with zero attached hydrogens (tertiary/aromatic N) is 3. The van der Waals surface area contributed by atoms with Crippen LogP contribution in [-0.4, -0.2) is 45.8 Å². The lowest BCUT2D eigenvalue weighted by atomic mass is 9.48. The molecule has 1 aliphatic heterocycles. The average Bonchev–Trinajstić information content (AvgIpc) is 3.29. The zero-order valence-electron chi connectivity index (χ0n) is 15.6. The van der Waals surface area contributed by atoms with Gasteiger partial charge in [-0.25, -0.2) is 4.98 Å². The van der Waals surface area contributed by atoms with Gasteiger partial charge in [0.25, 0.3) is 11.6 Å². The van der Waals surface area contributed by atoms with Crippen molar-refractivity contribution < 1.29 is 14.4 Å². The van der Waals surface area contributed by atoms with Crippen LogP contribution in [0.4, 0.5) is 0 Å². The first kappa shape index (κ1) is 16.2. The van der Waals surface area contributed by atoms with E-state index in [1.54, 1.807) is 0 Å². The van der Waals surface area contributed by atoms with Gasteiger partial charge in [-0.3, -0.25) is 4.79 Å². The highest BCUT2D eigenvalue weighted by Crippen LogP contribution is 2.62. The van der Waals surface area contributed by atoms with Crippen LogP contribution >= 0.6 is 0 Å². The van der Waals surface area contributed by atoms with Crippen molar-refractivity contribution in [2.75, 3.05) is 19.7 Å². The Hall–Kier alpha value is -1.95. The number of aromatic nitrogens is 2. The number of carbonyl (C=O) groups excluding carboxylic acids is 1. The van der Waals surface area contributed by atoms with Crippen LogP contribution < -0.4 is 0 Å². The Kier molecular flexibility index (Phi) is 3.16. The van der Waals surface area contributed by atoms with Gasteiger partial charge in [0, 0.05) is 24.2 Å². The van der Waals surface area contributed by atoms with E-state index < -0.39 is 0 Å². The molecule has 5 rings (SSSR count). The predicted molar refractivity (Wildman–Crippen MR) is 95.9 cm³/mol. The lowest BCUT2D eigenvalue weighted by Gasteiger charge is -2.55. The molecule has 2 fully saturated rings. The Balaban J connectivity index is 1.59.